The first-order valence-electron chi connectivity index (χ1n) is 9.86. The smallest absolute Gasteiger partial charge is 0.207 e. The molecule has 0 saturated heterocycles. The molecule has 1 unspecified atom stereocenters. The predicted molar refractivity (Wildman–Crippen MR) is 105 cm³/mol. The highest BCUT2D eigenvalue weighted by molar-refractivity contribution is 6.12. The average Bonchev–Trinajstić information content (AvgIpc) is 3.16. The van der Waals surface area contributed by atoms with Gasteiger partial charge in [0.2, 0.25) is 5.96 Å². The van der Waals surface area contributed by atoms with Crippen molar-refractivity contribution in [2.24, 2.45) is 9.98 Å². The molecule has 1 aromatic rings. The van der Waals surface area contributed by atoms with Gasteiger partial charge in [0.15, 0.2) is 5.84 Å². The van der Waals surface area contributed by atoms with Crippen LogP contribution in [0.5, 0.6) is 0 Å². The topological polar surface area (TPSA) is 34.4 Å². The molecule has 0 bridgehead atoms. The van der Waals surface area contributed by atoms with E-state index in [1.54, 1.807) is 0 Å². The van der Waals surface area contributed by atoms with Gasteiger partial charge >= 0.3 is 0 Å². The van der Waals surface area contributed by atoms with Crippen molar-refractivity contribution >= 4 is 11.8 Å². The number of hydrogen-bond donors (Lipinski definition) is 0. The zero-order valence-electron chi connectivity index (χ0n) is 15.7. The van der Waals surface area contributed by atoms with Crippen molar-refractivity contribution < 1.29 is 0 Å². The monoisotopic (exact) mass is 349 g/mol. The Hall–Kier alpha value is -2.30. The molecule has 0 amide bonds. The molecule has 136 valence electrons. The Labute approximate surface area is 155 Å². The van der Waals surface area contributed by atoms with E-state index >= 15 is 0 Å². The number of fused-ring (bicyclic) bond motifs is 3. The van der Waals surface area contributed by atoms with Crippen LogP contribution in [0.1, 0.15) is 44.6 Å². The van der Waals surface area contributed by atoms with E-state index in [-0.39, 0.29) is 11.7 Å². The Morgan fingerprint density at radius 1 is 1.12 bits per heavy atom. The molecule has 4 aliphatic rings. The first kappa shape index (κ1) is 15.9. The fourth-order valence-corrected chi connectivity index (χ4v) is 4.81. The summed E-state index contributed by atoms with van der Waals surface area (Å²) >= 11 is 0. The second-order valence-corrected chi connectivity index (χ2v) is 8.11. The van der Waals surface area contributed by atoms with Gasteiger partial charge in [-0.25, -0.2) is 9.98 Å². The van der Waals surface area contributed by atoms with Crippen LogP contribution in [0.2, 0.25) is 0 Å². The van der Waals surface area contributed by atoms with Crippen LogP contribution in [-0.4, -0.2) is 51.8 Å². The molecule has 0 N–H and O–H groups in total. The van der Waals surface area contributed by atoms with Gasteiger partial charge in [0.1, 0.15) is 6.17 Å². The summed E-state index contributed by atoms with van der Waals surface area (Å²) in [4.78, 5) is 17.2. The summed E-state index contributed by atoms with van der Waals surface area (Å²) in [5.74, 6) is 2.20. The Bertz CT molecular complexity index is 788. The Morgan fingerprint density at radius 3 is 2.65 bits per heavy atom. The maximum Gasteiger partial charge on any atom is 0.207 e. The minimum Gasteiger partial charge on any atom is -0.341 e. The van der Waals surface area contributed by atoms with Gasteiger partial charge in [-0.05, 0) is 25.3 Å². The lowest BCUT2D eigenvalue weighted by atomic mass is 9.82. The van der Waals surface area contributed by atoms with Gasteiger partial charge < -0.3 is 9.80 Å². The highest BCUT2D eigenvalue weighted by atomic mass is 15.5. The van der Waals surface area contributed by atoms with Crippen LogP contribution in [0.4, 0.5) is 0 Å². The third-order valence-corrected chi connectivity index (χ3v) is 6.20. The fourth-order valence-electron chi connectivity index (χ4n) is 4.81. The summed E-state index contributed by atoms with van der Waals surface area (Å²) in [5.41, 5.74) is 2.67. The van der Waals surface area contributed by atoms with Gasteiger partial charge in [0.25, 0.3) is 0 Å². The number of aliphatic imine (C=N–C) groups is 2. The summed E-state index contributed by atoms with van der Waals surface area (Å²) in [7, 11) is 2.13. The van der Waals surface area contributed by atoms with Crippen molar-refractivity contribution in [3.05, 3.63) is 47.8 Å². The lowest BCUT2D eigenvalue weighted by molar-refractivity contribution is 0.284. The number of benzene rings is 1. The molecule has 1 saturated carbocycles. The summed E-state index contributed by atoms with van der Waals surface area (Å²) < 4.78 is 0. The quantitative estimate of drug-likeness (QED) is 0.821. The molecule has 5 nitrogen and oxygen atoms in total. The molecule has 1 aromatic carbocycles. The van der Waals surface area contributed by atoms with Crippen LogP contribution in [0.3, 0.4) is 0 Å². The second-order valence-electron chi connectivity index (χ2n) is 8.11. The molecule has 1 spiro atoms. The summed E-state index contributed by atoms with van der Waals surface area (Å²) in [5, 5.41) is 0. The second kappa shape index (κ2) is 5.86. The molecule has 26 heavy (non-hydrogen) atoms. The highest BCUT2D eigenvalue weighted by Gasteiger charge is 2.47. The average molecular weight is 349 g/mol. The lowest BCUT2D eigenvalue weighted by Gasteiger charge is -2.35. The van der Waals surface area contributed by atoms with Gasteiger partial charge in [-0.1, -0.05) is 49.6 Å². The predicted octanol–water partition coefficient (Wildman–Crippen LogP) is 3.41. The first-order valence-corrected chi connectivity index (χ1v) is 9.86. The van der Waals surface area contributed by atoms with Crippen LogP contribution in [-0.2, 0) is 6.54 Å². The molecule has 5 rings (SSSR count). The first-order chi connectivity index (χ1) is 12.7. The Morgan fingerprint density at radius 2 is 1.88 bits per heavy atom. The molecule has 0 radical (unpaired) electrons. The van der Waals surface area contributed by atoms with Crippen LogP contribution >= 0.6 is 0 Å². The Kier molecular flexibility index (Phi) is 3.59. The van der Waals surface area contributed by atoms with Crippen molar-refractivity contribution in [2.75, 3.05) is 13.6 Å². The number of rotatable bonds is 2. The summed E-state index contributed by atoms with van der Waals surface area (Å²) in [6, 6.07) is 10.7. The lowest BCUT2D eigenvalue weighted by Crippen LogP contribution is -2.48. The number of guanidine groups is 1. The van der Waals surface area contributed by atoms with Crippen molar-refractivity contribution in [1.82, 2.24) is 14.7 Å². The van der Waals surface area contributed by atoms with Gasteiger partial charge in [-0.2, -0.15) is 0 Å². The van der Waals surface area contributed by atoms with Gasteiger partial charge in [0.05, 0.1) is 17.8 Å². The normalized spacial score (nSPS) is 26.5. The number of hydrogen-bond acceptors (Lipinski definition) is 5. The molecule has 1 fully saturated rings. The van der Waals surface area contributed by atoms with E-state index in [2.05, 4.69) is 65.2 Å². The van der Waals surface area contributed by atoms with Gasteiger partial charge in [0, 0.05) is 19.8 Å². The molecular formula is C21H27N5. The van der Waals surface area contributed by atoms with Crippen molar-refractivity contribution in [3.63, 3.8) is 0 Å². The summed E-state index contributed by atoms with van der Waals surface area (Å²) in [6.45, 7) is 4.08. The molecule has 5 heteroatoms. The van der Waals surface area contributed by atoms with Gasteiger partial charge in [-0.15, -0.1) is 0 Å². The minimum atomic E-state index is 0.115. The number of nitrogens with zero attached hydrogens (tertiary/aromatic N) is 5. The largest absolute Gasteiger partial charge is 0.341 e. The maximum atomic E-state index is 5.20. The van der Waals surface area contributed by atoms with E-state index in [4.69, 9.17) is 9.98 Å². The number of amidine groups is 1. The summed E-state index contributed by atoms with van der Waals surface area (Å²) in [6.07, 6.45) is 8.78. The van der Waals surface area contributed by atoms with Crippen LogP contribution in [0.15, 0.2) is 52.2 Å². The van der Waals surface area contributed by atoms with Crippen LogP contribution in [0.25, 0.3) is 0 Å². The van der Waals surface area contributed by atoms with E-state index in [9.17, 15) is 0 Å². The van der Waals surface area contributed by atoms with E-state index in [0.29, 0.717) is 0 Å². The zero-order chi connectivity index (χ0) is 17.7. The molecule has 3 aliphatic heterocycles. The third kappa shape index (κ3) is 2.44. The molecular weight excluding hydrogens is 322 g/mol. The van der Waals surface area contributed by atoms with Crippen LogP contribution < -0.4 is 0 Å². The SMILES string of the molecule is CC1N=C2C(=CN(C)C3=NC4(CCCCC4)CN23)N1Cc1ccccc1. The van der Waals surface area contributed by atoms with E-state index in [1.165, 1.54) is 43.4 Å². The zero-order valence-corrected chi connectivity index (χ0v) is 15.7. The fraction of sp³-hybridized carbons (Fsp3) is 0.524. The van der Waals surface area contributed by atoms with E-state index in [1.807, 2.05) is 0 Å². The molecule has 1 aliphatic carbocycles. The van der Waals surface area contributed by atoms with Gasteiger partial charge in [-0.3, -0.25) is 4.90 Å². The van der Waals surface area contributed by atoms with E-state index < -0.39 is 0 Å². The Balaban J connectivity index is 1.44. The van der Waals surface area contributed by atoms with Crippen molar-refractivity contribution in [2.45, 2.75) is 57.3 Å². The molecule has 3 heterocycles. The molecule has 0 aromatic heterocycles. The maximum absolute atomic E-state index is 5.20. The molecule has 1 atom stereocenters. The third-order valence-electron chi connectivity index (χ3n) is 6.20. The highest BCUT2D eigenvalue weighted by Crippen LogP contribution is 2.40. The van der Waals surface area contributed by atoms with Crippen molar-refractivity contribution in [1.29, 1.82) is 0 Å². The minimum absolute atomic E-state index is 0.115. The van der Waals surface area contributed by atoms with E-state index in [0.717, 1.165) is 24.9 Å². The van der Waals surface area contributed by atoms with Crippen LogP contribution in [0, 0.1) is 0 Å². The standard InChI is InChI=1S/C21H27N5/c1-16-22-19-18(25(16)13-17-9-5-3-6-10-17)14-24(2)20-23-21(15-26(19)20)11-7-4-8-12-21/h3,5-6,9-10,14,16H,4,7-8,11-13,15H2,1-2H3. The van der Waals surface area contributed by atoms with Crippen molar-refractivity contribution in [3.8, 4) is 0 Å².